The van der Waals surface area contributed by atoms with Crippen molar-refractivity contribution in [3.8, 4) is 0 Å². The van der Waals surface area contributed by atoms with Gasteiger partial charge in [0, 0.05) is 26.2 Å². The first-order valence-electron chi connectivity index (χ1n) is 9.69. The summed E-state index contributed by atoms with van der Waals surface area (Å²) in [6.07, 6.45) is 0.667. The van der Waals surface area contributed by atoms with E-state index in [4.69, 9.17) is 19.2 Å². The molecule has 5 rings (SSSR count). The molecule has 12 heteroatoms. The Morgan fingerprint density at radius 3 is 2.62 bits per heavy atom. The molecule has 12 nitrogen and oxygen atoms in total. The fraction of sp³-hybridized carbons (Fsp3) is 0.647. The Kier molecular flexibility index (Phi) is 4.32. The fourth-order valence-electron chi connectivity index (χ4n) is 3.72. The van der Waals surface area contributed by atoms with Crippen LogP contribution in [-0.2, 0) is 11.3 Å². The van der Waals surface area contributed by atoms with Gasteiger partial charge >= 0.3 is 0 Å². The highest BCUT2D eigenvalue weighted by Gasteiger charge is 2.34. The third-order valence-electron chi connectivity index (χ3n) is 5.23. The van der Waals surface area contributed by atoms with Crippen molar-refractivity contribution in [2.75, 3.05) is 49.2 Å². The third-order valence-corrected chi connectivity index (χ3v) is 5.23. The quantitative estimate of drug-likeness (QED) is 0.621. The van der Waals surface area contributed by atoms with E-state index in [1.807, 2.05) is 11.8 Å². The van der Waals surface area contributed by atoms with Gasteiger partial charge in [-0.1, -0.05) is 10.4 Å². The average Bonchev–Trinajstić information content (AvgIpc) is 3.41. The van der Waals surface area contributed by atoms with Gasteiger partial charge in [-0.05, 0) is 20.3 Å². The highest BCUT2D eigenvalue weighted by molar-refractivity contribution is 5.84. The van der Waals surface area contributed by atoms with Crippen LogP contribution in [0.25, 0.3) is 11.2 Å². The maximum atomic E-state index is 10.4. The number of aromatic nitrogens is 7. The molecule has 0 bridgehead atoms. The lowest BCUT2D eigenvalue weighted by Gasteiger charge is -2.28. The fourth-order valence-corrected chi connectivity index (χ4v) is 3.72. The molecule has 2 aliphatic rings. The van der Waals surface area contributed by atoms with Crippen LogP contribution in [0.2, 0.25) is 0 Å². The summed E-state index contributed by atoms with van der Waals surface area (Å²) < 4.78 is 12.3. The first-order valence-corrected chi connectivity index (χ1v) is 9.69. The first kappa shape index (κ1) is 18.2. The molecule has 0 aromatic carbocycles. The zero-order chi connectivity index (χ0) is 20.0. The number of aliphatic hydroxyl groups is 1. The minimum Gasteiger partial charge on any atom is -0.388 e. The van der Waals surface area contributed by atoms with Gasteiger partial charge in [0.1, 0.15) is 6.54 Å². The lowest BCUT2D eigenvalue weighted by atomic mass is 10.1. The van der Waals surface area contributed by atoms with E-state index in [0.717, 1.165) is 0 Å². The van der Waals surface area contributed by atoms with Gasteiger partial charge in [-0.2, -0.15) is 15.0 Å². The lowest BCUT2D eigenvalue weighted by Crippen LogP contribution is -2.38. The molecule has 29 heavy (non-hydrogen) atoms. The van der Waals surface area contributed by atoms with Crippen molar-refractivity contribution in [3.05, 3.63) is 11.7 Å². The van der Waals surface area contributed by atoms with Crippen LogP contribution in [0.1, 0.15) is 25.1 Å². The largest absolute Gasteiger partial charge is 0.388 e. The van der Waals surface area contributed by atoms with Crippen molar-refractivity contribution in [2.24, 2.45) is 0 Å². The molecule has 0 unspecified atom stereocenters. The zero-order valence-corrected chi connectivity index (χ0v) is 16.4. The lowest BCUT2D eigenvalue weighted by molar-refractivity contribution is 0.0839. The van der Waals surface area contributed by atoms with E-state index >= 15 is 0 Å². The Morgan fingerprint density at radius 1 is 1.10 bits per heavy atom. The molecule has 0 amide bonds. The van der Waals surface area contributed by atoms with Gasteiger partial charge in [-0.25, -0.2) is 4.68 Å². The topological polar surface area (TPSA) is 131 Å². The predicted octanol–water partition coefficient (Wildman–Crippen LogP) is -0.241. The molecule has 0 radical (unpaired) electrons. The van der Waals surface area contributed by atoms with Crippen molar-refractivity contribution < 1.29 is 14.4 Å². The van der Waals surface area contributed by atoms with Crippen LogP contribution in [0.15, 0.2) is 4.52 Å². The molecule has 3 aromatic rings. The number of hydrogen-bond acceptors (Lipinski definition) is 11. The summed E-state index contributed by atoms with van der Waals surface area (Å²) in [4.78, 5) is 17.9. The SMILES string of the molecule is Cc1noc(Cn2nnc3c(N4CC[C@](C)(O)C4)nc(N4CCOCC4)nc32)n1. The van der Waals surface area contributed by atoms with Crippen LogP contribution in [0.5, 0.6) is 0 Å². The highest BCUT2D eigenvalue weighted by Crippen LogP contribution is 2.31. The Bertz CT molecular complexity index is 1020. The van der Waals surface area contributed by atoms with Crippen molar-refractivity contribution in [1.82, 2.24) is 35.1 Å². The van der Waals surface area contributed by atoms with Gasteiger partial charge in [-0.15, -0.1) is 5.10 Å². The van der Waals surface area contributed by atoms with Gasteiger partial charge in [0.15, 0.2) is 22.8 Å². The second-order valence-electron chi connectivity index (χ2n) is 7.77. The van der Waals surface area contributed by atoms with E-state index in [0.29, 0.717) is 80.5 Å². The van der Waals surface area contributed by atoms with Crippen molar-refractivity contribution in [3.63, 3.8) is 0 Å². The predicted molar refractivity (Wildman–Crippen MR) is 102 cm³/mol. The number of morpholine rings is 1. The Balaban J connectivity index is 1.58. The van der Waals surface area contributed by atoms with Crippen LogP contribution in [-0.4, -0.2) is 85.2 Å². The molecule has 3 aromatic heterocycles. The van der Waals surface area contributed by atoms with Crippen LogP contribution in [0.3, 0.4) is 0 Å². The molecule has 5 heterocycles. The summed E-state index contributed by atoms with van der Waals surface area (Å²) >= 11 is 0. The Labute approximate surface area is 166 Å². The standard InChI is InChI=1S/C17H23N9O3/c1-11-18-12(29-22-11)9-26-15-13(21-23-26)14(25-4-3-17(2,27)10-25)19-16(20-15)24-5-7-28-8-6-24/h27H,3-10H2,1-2H3/t17-/m0/s1. The summed E-state index contributed by atoms with van der Waals surface area (Å²) in [6.45, 7) is 7.75. The summed E-state index contributed by atoms with van der Waals surface area (Å²) in [7, 11) is 0. The monoisotopic (exact) mass is 401 g/mol. The molecular formula is C17H23N9O3. The molecule has 0 aliphatic carbocycles. The van der Waals surface area contributed by atoms with Crippen LogP contribution in [0, 0.1) is 6.92 Å². The summed E-state index contributed by atoms with van der Waals surface area (Å²) in [6, 6.07) is 0. The average molecular weight is 401 g/mol. The summed E-state index contributed by atoms with van der Waals surface area (Å²) in [5.41, 5.74) is 0.433. The molecule has 1 atom stereocenters. The number of fused-ring (bicyclic) bond motifs is 1. The van der Waals surface area contributed by atoms with Gasteiger partial charge in [-0.3, -0.25) is 0 Å². The van der Waals surface area contributed by atoms with Crippen molar-refractivity contribution in [2.45, 2.75) is 32.4 Å². The molecule has 1 N–H and O–H groups in total. The van der Waals surface area contributed by atoms with Crippen LogP contribution >= 0.6 is 0 Å². The van der Waals surface area contributed by atoms with Gasteiger partial charge < -0.3 is 24.2 Å². The number of aryl methyl sites for hydroxylation is 1. The summed E-state index contributed by atoms with van der Waals surface area (Å²) in [5, 5.41) is 22.9. The normalized spacial score (nSPS) is 22.7. The van der Waals surface area contributed by atoms with Crippen LogP contribution < -0.4 is 9.80 Å². The van der Waals surface area contributed by atoms with Gasteiger partial charge in [0.2, 0.25) is 11.8 Å². The molecule has 2 fully saturated rings. The van der Waals surface area contributed by atoms with E-state index in [1.54, 1.807) is 11.6 Å². The number of anilines is 2. The van der Waals surface area contributed by atoms with E-state index in [9.17, 15) is 5.11 Å². The Hall–Kier alpha value is -2.86. The molecule has 0 spiro atoms. The second kappa shape index (κ2) is 6.88. The van der Waals surface area contributed by atoms with E-state index < -0.39 is 5.60 Å². The first-order chi connectivity index (χ1) is 14.0. The van der Waals surface area contributed by atoms with Crippen molar-refractivity contribution >= 4 is 22.9 Å². The van der Waals surface area contributed by atoms with E-state index in [2.05, 4.69) is 25.4 Å². The van der Waals surface area contributed by atoms with E-state index in [-0.39, 0.29) is 6.54 Å². The van der Waals surface area contributed by atoms with E-state index in [1.165, 1.54) is 0 Å². The number of hydrogen-bond donors (Lipinski definition) is 1. The molecule has 0 saturated carbocycles. The molecule has 2 saturated heterocycles. The van der Waals surface area contributed by atoms with Crippen molar-refractivity contribution in [1.29, 1.82) is 0 Å². The number of nitrogens with zero attached hydrogens (tertiary/aromatic N) is 9. The number of ether oxygens (including phenoxy) is 1. The summed E-state index contributed by atoms with van der Waals surface area (Å²) in [5.74, 6) is 2.29. The second-order valence-corrected chi connectivity index (χ2v) is 7.77. The molecule has 2 aliphatic heterocycles. The minimum absolute atomic E-state index is 0.272. The maximum Gasteiger partial charge on any atom is 0.248 e. The maximum absolute atomic E-state index is 10.4. The molecular weight excluding hydrogens is 378 g/mol. The highest BCUT2D eigenvalue weighted by atomic mass is 16.5. The van der Waals surface area contributed by atoms with Gasteiger partial charge in [0.05, 0.1) is 18.8 Å². The smallest absolute Gasteiger partial charge is 0.248 e. The number of rotatable bonds is 4. The zero-order valence-electron chi connectivity index (χ0n) is 16.4. The minimum atomic E-state index is -0.756. The number of β-amino-alcohol motifs (C(OH)–C–C–N with tert-alkyl or cyclic N) is 1. The Morgan fingerprint density at radius 2 is 1.93 bits per heavy atom. The van der Waals surface area contributed by atoms with Gasteiger partial charge in [0.25, 0.3) is 0 Å². The third kappa shape index (κ3) is 3.49. The van der Waals surface area contributed by atoms with Crippen LogP contribution in [0.4, 0.5) is 11.8 Å². The molecule has 154 valence electrons.